The van der Waals surface area contributed by atoms with Crippen LogP contribution >= 0.6 is 0 Å². The first-order valence-electron chi connectivity index (χ1n) is 12.4. The van der Waals surface area contributed by atoms with E-state index in [1.165, 1.54) is 4.90 Å². The number of carbonyl (C=O) groups is 2. The molecule has 0 unspecified atom stereocenters. The Bertz CT molecular complexity index is 1270. The van der Waals surface area contributed by atoms with Crippen LogP contribution in [0.15, 0.2) is 48.5 Å². The molecule has 2 atom stereocenters. The molecule has 2 aromatic carbocycles. The molecule has 0 aliphatic carbocycles. The number of amides is 2. The fourth-order valence-electron chi connectivity index (χ4n) is 5.87. The summed E-state index contributed by atoms with van der Waals surface area (Å²) in [4.78, 5) is 36.1. The van der Waals surface area contributed by atoms with Gasteiger partial charge in [0.15, 0.2) is 0 Å². The monoisotopic (exact) mass is 475 g/mol. The largest absolute Gasteiger partial charge is 0.497 e. The summed E-state index contributed by atoms with van der Waals surface area (Å²) in [5, 5.41) is 1.12. The van der Waals surface area contributed by atoms with E-state index in [0.29, 0.717) is 13.0 Å². The van der Waals surface area contributed by atoms with Gasteiger partial charge in [-0.15, -0.1) is 0 Å². The van der Waals surface area contributed by atoms with Crippen molar-refractivity contribution in [2.75, 3.05) is 53.0 Å². The minimum absolute atomic E-state index is 0.0105. The first kappa shape index (κ1) is 22.1. The topological polar surface area (TPSA) is 79.3 Å². The van der Waals surface area contributed by atoms with Gasteiger partial charge in [-0.25, -0.2) is 0 Å². The van der Waals surface area contributed by atoms with E-state index in [9.17, 15) is 9.59 Å². The van der Waals surface area contributed by atoms with Gasteiger partial charge >= 0.3 is 0 Å². The number of piperazine rings is 1. The molecule has 3 aromatic rings. The van der Waals surface area contributed by atoms with Crippen LogP contribution in [0.3, 0.4) is 0 Å². The molecule has 1 aromatic heterocycles. The number of rotatable bonds is 5. The predicted octanol–water partition coefficient (Wildman–Crippen LogP) is 0.777. The molecule has 0 bridgehead atoms. The van der Waals surface area contributed by atoms with E-state index in [1.807, 2.05) is 41.3 Å². The molecule has 182 valence electrons. The van der Waals surface area contributed by atoms with Crippen LogP contribution in [0.2, 0.25) is 0 Å². The van der Waals surface area contributed by atoms with Crippen molar-refractivity contribution >= 4 is 22.7 Å². The Hall–Kier alpha value is -3.36. The SMILES string of the molecule is COc1cccc([C@H]2c3[nH]c4ccccc4c3C[C@H]3C(=O)N(CC[NH+]4CCOCC4)CC(=O)N23)c1. The molecule has 35 heavy (non-hydrogen) atoms. The van der Waals surface area contributed by atoms with E-state index in [4.69, 9.17) is 9.47 Å². The molecule has 0 saturated carbocycles. The highest BCUT2D eigenvalue weighted by Crippen LogP contribution is 2.43. The number of H-pyrrole nitrogens is 1. The van der Waals surface area contributed by atoms with Gasteiger partial charge in [0.25, 0.3) is 0 Å². The average Bonchev–Trinajstić information content (AvgIpc) is 3.27. The van der Waals surface area contributed by atoms with Crippen LogP contribution in [-0.2, 0) is 20.7 Å². The lowest BCUT2D eigenvalue weighted by atomic mass is 9.86. The van der Waals surface area contributed by atoms with E-state index in [2.05, 4.69) is 17.1 Å². The minimum atomic E-state index is -0.515. The Kier molecular flexibility index (Phi) is 5.70. The van der Waals surface area contributed by atoms with Crippen LogP contribution in [0.1, 0.15) is 22.9 Å². The molecule has 0 spiro atoms. The van der Waals surface area contributed by atoms with Crippen LogP contribution in [0.4, 0.5) is 0 Å². The Morgan fingerprint density at radius 2 is 1.94 bits per heavy atom. The van der Waals surface area contributed by atoms with E-state index in [-0.39, 0.29) is 24.4 Å². The summed E-state index contributed by atoms with van der Waals surface area (Å²) in [6.07, 6.45) is 0.519. The maximum atomic E-state index is 13.8. The molecule has 8 heteroatoms. The molecule has 2 fully saturated rings. The zero-order chi connectivity index (χ0) is 23.9. The van der Waals surface area contributed by atoms with Gasteiger partial charge in [0.05, 0.1) is 39.5 Å². The molecule has 0 radical (unpaired) electrons. The van der Waals surface area contributed by atoms with Gasteiger partial charge in [-0.3, -0.25) is 9.59 Å². The van der Waals surface area contributed by atoms with Gasteiger partial charge in [-0.1, -0.05) is 30.3 Å². The number of hydrogen-bond acceptors (Lipinski definition) is 4. The summed E-state index contributed by atoms with van der Waals surface area (Å²) < 4.78 is 10.9. The number of carbonyl (C=O) groups excluding carboxylic acids is 2. The molecule has 3 aliphatic rings. The highest BCUT2D eigenvalue weighted by molar-refractivity contribution is 5.97. The second kappa shape index (κ2) is 9.02. The van der Waals surface area contributed by atoms with E-state index < -0.39 is 6.04 Å². The quantitative estimate of drug-likeness (QED) is 0.572. The zero-order valence-electron chi connectivity index (χ0n) is 20.0. The fourth-order valence-corrected chi connectivity index (χ4v) is 5.87. The van der Waals surface area contributed by atoms with Gasteiger partial charge in [0.2, 0.25) is 11.8 Å². The van der Waals surface area contributed by atoms with Crippen LogP contribution in [0.25, 0.3) is 10.9 Å². The summed E-state index contributed by atoms with van der Waals surface area (Å²) in [5.41, 5.74) is 4.08. The predicted molar refractivity (Wildman–Crippen MR) is 130 cm³/mol. The third-order valence-corrected chi connectivity index (χ3v) is 7.69. The number of morpholine rings is 1. The first-order valence-corrected chi connectivity index (χ1v) is 12.4. The standard InChI is InChI=1S/C27H30N4O4/c1-34-19-6-4-5-18(15-19)26-25-21(20-7-2-3-8-22(20)28-25)16-23-27(33)30(17-24(32)31(23)26)10-9-29-11-13-35-14-12-29/h2-8,15,23,26,28H,9-14,16-17H2,1H3/p+1/t23-,26-/m0/s1. The Morgan fingerprint density at radius 1 is 1.11 bits per heavy atom. The molecular weight excluding hydrogens is 444 g/mol. The molecule has 2 saturated heterocycles. The lowest BCUT2D eigenvalue weighted by Gasteiger charge is -2.47. The van der Waals surface area contributed by atoms with Crippen molar-refractivity contribution < 1.29 is 24.0 Å². The number of quaternary nitrogens is 1. The number of aromatic nitrogens is 1. The average molecular weight is 476 g/mol. The van der Waals surface area contributed by atoms with Gasteiger partial charge in [0, 0.05) is 23.0 Å². The van der Waals surface area contributed by atoms with Crippen molar-refractivity contribution in [3.05, 3.63) is 65.4 Å². The number of para-hydroxylation sites is 1. The number of methoxy groups -OCH3 is 1. The summed E-state index contributed by atoms with van der Waals surface area (Å²) >= 11 is 0. The zero-order valence-corrected chi connectivity index (χ0v) is 20.0. The van der Waals surface area contributed by atoms with Crippen molar-refractivity contribution in [1.29, 1.82) is 0 Å². The first-order chi connectivity index (χ1) is 17.1. The van der Waals surface area contributed by atoms with Crippen molar-refractivity contribution in [1.82, 2.24) is 14.8 Å². The second-order valence-electron chi connectivity index (χ2n) is 9.64. The van der Waals surface area contributed by atoms with E-state index in [1.54, 1.807) is 12.0 Å². The molecular formula is C27H31N4O4+. The maximum Gasteiger partial charge on any atom is 0.246 e. The third-order valence-electron chi connectivity index (χ3n) is 7.69. The number of hydrogen-bond donors (Lipinski definition) is 2. The van der Waals surface area contributed by atoms with Crippen LogP contribution < -0.4 is 9.64 Å². The highest BCUT2D eigenvalue weighted by atomic mass is 16.5. The van der Waals surface area contributed by atoms with E-state index >= 15 is 0 Å². The summed E-state index contributed by atoms with van der Waals surface area (Å²) in [6.45, 7) is 4.95. The molecule has 6 rings (SSSR count). The van der Waals surface area contributed by atoms with Crippen molar-refractivity contribution in [2.24, 2.45) is 0 Å². The summed E-state index contributed by atoms with van der Waals surface area (Å²) in [5.74, 6) is 0.762. The number of nitrogens with zero attached hydrogens (tertiary/aromatic N) is 2. The number of aromatic amines is 1. The normalized spacial score (nSPS) is 22.9. The Morgan fingerprint density at radius 3 is 2.77 bits per heavy atom. The maximum absolute atomic E-state index is 13.8. The highest BCUT2D eigenvalue weighted by Gasteiger charge is 2.48. The van der Waals surface area contributed by atoms with Crippen LogP contribution in [0.5, 0.6) is 5.75 Å². The fraction of sp³-hybridized carbons (Fsp3) is 0.407. The number of nitrogens with one attached hydrogen (secondary N) is 2. The van der Waals surface area contributed by atoms with Gasteiger partial charge in [0.1, 0.15) is 31.4 Å². The number of benzene rings is 2. The van der Waals surface area contributed by atoms with Crippen LogP contribution in [0, 0.1) is 0 Å². The number of ether oxygens (including phenoxy) is 2. The van der Waals surface area contributed by atoms with E-state index in [0.717, 1.165) is 66.3 Å². The second-order valence-corrected chi connectivity index (χ2v) is 9.64. The summed E-state index contributed by atoms with van der Waals surface area (Å²) in [6, 6.07) is 15.1. The lowest BCUT2D eigenvalue weighted by molar-refractivity contribution is -0.907. The third kappa shape index (κ3) is 3.86. The Labute approximate surface area is 204 Å². The Balaban J connectivity index is 1.38. The smallest absolute Gasteiger partial charge is 0.246 e. The van der Waals surface area contributed by atoms with Crippen molar-refractivity contribution in [3.63, 3.8) is 0 Å². The molecule has 4 heterocycles. The van der Waals surface area contributed by atoms with Crippen molar-refractivity contribution in [2.45, 2.75) is 18.5 Å². The minimum Gasteiger partial charge on any atom is -0.497 e. The van der Waals surface area contributed by atoms with Crippen molar-refractivity contribution in [3.8, 4) is 5.75 Å². The molecule has 3 aliphatic heterocycles. The molecule has 2 N–H and O–H groups in total. The van der Waals surface area contributed by atoms with Gasteiger partial charge < -0.3 is 29.2 Å². The van der Waals surface area contributed by atoms with Gasteiger partial charge in [-0.05, 0) is 29.3 Å². The number of fused-ring (bicyclic) bond motifs is 4. The van der Waals surface area contributed by atoms with Gasteiger partial charge in [-0.2, -0.15) is 0 Å². The lowest BCUT2D eigenvalue weighted by Crippen LogP contribution is -3.14. The molecule has 2 amide bonds. The summed E-state index contributed by atoms with van der Waals surface area (Å²) in [7, 11) is 1.64. The molecule has 8 nitrogen and oxygen atoms in total. The van der Waals surface area contributed by atoms with Crippen LogP contribution in [-0.4, -0.2) is 85.7 Å².